The highest BCUT2D eigenvalue weighted by atomic mass is 28.4. The first kappa shape index (κ1) is 43.1. The lowest BCUT2D eigenvalue weighted by molar-refractivity contribution is -0.0317. The Morgan fingerprint density at radius 2 is 1.00 bits per heavy atom. The molecule has 2 aromatic carbocycles. The molecule has 6 atom stereocenters. The summed E-state index contributed by atoms with van der Waals surface area (Å²) in [4.78, 5) is 0. The van der Waals surface area contributed by atoms with Crippen LogP contribution in [-0.4, -0.2) is 55.0 Å². The van der Waals surface area contributed by atoms with Gasteiger partial charge in [-0.2, -0.15) is 0 Å². The summed E-state index contributed by atoms with van der Waals surface area (Å²) in [6.07, 6.45) is 1.40. The summed E-state index contributed by atoms with van der Waals surface area (Å²) in [5.74, 6) is 0.469. The Balaban J connectivity index is 2.46. The molecule has 0 spiro atoms. The molecule has 0 unspecified atom stereocenters. The molecule has 0 aromatic heterocycles. The Morgan fingerprint density at radius 1 is 0.583 bits per heavy atom. The van der Waals surface area contributed by atoms with Gasteiger partial charge >= 0.3 is 0 Å². The summed E-state index contributed by atoms with van der Waals surface area (Å²) in [6, 6.07) is 21.9. The fraction of sp³-hybridized carbons (Fsp3) is 0.707. The van der Waals surface area contributed by atoms with Crippen molar-refractivity contribution in [1.29, 1.82) is 0 Å². The zero-order chi connectivity index (χ0) is 36.9. The summed E-state index contributed by atoms with van der Waals surface area (Å²) < 4.78 is 21.9. The lowest BCUT2D eigenvalue weighted by Crippen LogP contribution is -2.66. The average Bonchev–Trinajstić information content (AvgIpc) is 2.96. The van der Waals surface area contributed by atoms with Gasteiger partial charge in [0.15, 0.2) is 16.6 Å². The van der Waals surface area contributed by atoms with Crippen LogP contribution in [0.3, 0.4) is 0 Å². The lowest BCUT2D eigenvalue weighted by Gasteiger charge is -2.47. The normalized spacial score (nSPS) is 17.8. The van der Waals surface area contributed by atoms with E-state index in [4.69, 9.17) is 13.3 Å². The highest BCUT2D eigenvalue weighted by Crippen LogP contribution is 2.43. The van der Waals surface area contributed by atoms with Crippen LogP contribution in [0.15, 0.2) is 60.7 Å². The molecular formula is C41H74O4Si3. The van der Waals surface area contributed by atoms with Crippen molar-refractivity contribution < 1.29 is 18.4 Å². The van der Waals surface area contributed by atoms with E-state index in [-0.39, 0.29) is 39.2 Å². The highest BCUT2D eigenvalue weighted by Gasteiger charge is 2.50. The third-order valence-corrected chi connectivity index (χ3v) is 25.8. The van der Waals surface area contributed by atoms with Gasteiger partial charge in [0.2, 0.25) is 0 Å². The van der Waals surface area contributed by atoms with Gasteiger partial charge < -0.3 is 18.4 Å². The Bertz CT molecular complexity index is 1190. The molecule has 0 aliphatic rings. The Morgan fingerprint density at radius 3 is 1.38 bits per heavy atom. The van der Waals surface area contributed by atoms with Crippen LogP contribution in [0, 0.1) is 17.8 Å². The first-order chi connectivity index (χ1) is 21.8. The number of hydrogen-bond donors (Lipinski definition) is 1. The molecule has 2 rings (SSSR count). The van der Waals surface area contributed by atoms with E-state index in [1.807, 2.05) is 6.92 Å². The van der Waals surface area contributed by atoms with Crippen molar-refractivity contribution >= 4 is 35.3 Å². The van der Waals surface area contributed by atoms with Crippen molar-refractivity contribution in [3.05, 3.63) is 60.7 Å². The van der Waals surface area contributed by atoms with E-state index in [1.165, 1.54) is 10.4 Å². The molecule has 0 aliphatic heterocycles. The summed E-state index contributed by atoms with van der Waals surface area (Å²) in [5, 5.41) is 13.6. The molecule has 2 aromatic rings. The Kier molecular flexibility index (Phi) is 14.8. The molecule has 48 heavy (non-hydrogen) atoms. The van der Waals surface area contributed by atoms with Crippen LogP contribution >= 0.6 is 0 Å². The minimum atomic E-state index is -2.61. The van der Waals surface area contributed by atoms with Crippen molar-refractivity contribution in [3.8, 4) is 0 Å². The fourth-order valence-corrected chi connectivity index (χ4v) is 13.8. The van der Waals surface area contributed by atoms with Crippen molar-refractivity contribution in [2.45, 2.75) is 162 Å². The minimum Gasteiger partial charge on any atom is -0.414 e. The van der Waals surface area contributed by atoms with E-state index in [0.717, 1.165) is 12.8 Å². The van der Waals surface area contributed by atoms with E-state index < -0.39 is 31.1 Å². The second-order valence-corrected chi connectivity index (χ2v) is 32.7. The third kappa shape index (κ3) is 10.5. The van der Waals surface area contributed by atoms with E-state index in [9.17, 15) is 5.11 Å². The zero-order valence-electron chi connectivity index (χ0n) is 34.0. The van der Waals surface area contributed by atoms with Crippen molar-refractivity contribution in [2.75, 3.05) is 6.61 Å². The summed E-state index contributed by atoms with van der Waals surface area (Å²) in [6.45, 7) is 39.7. The van der Waals surface area contributed by atoms with Gasteiger partial charge in [-0.25, -0.2) is 0 Å². The monoisotopic (exact) mass is 714 g/mol. The van der Waals surface area contributed by atoms with Crippen molar-refractivity contribution in [1.82, 2.24) is 0 Å². The number of aliphatic hydroxyl groups is 1. The van der Waals surface area contributed by atoms with Gasteiger partial charge in [-0.3, -0.25) is 0 Å². The zero-order valence-corrected chi connectivity index (χ0v) is 37.0. The largest absolute Gasteiger partial charge is 0.414 e. The van der Waals surface area contributed by atoms with Crippen LogP contribution < -0.4 is 10.4 Å². The summed E-state index contributed by atoms with van der Waals surface area (Å²) in [5.41, 5.74) is 0. The molecule has 4 nitrogen and oxygen atoms in total. The van der Waals surface area contributed by atoms with Gasteiger partial charge in [0.25, 0.3) is 8.32 Å². The van der Waals surface area contributed by atoms with Crippen LogP contribution in [0.2, 0.25) is 41.3 Å². The molecule has 0 amide bonds. The molecule has 0 radical (unpaired) electrons. The van der Waals surface area contributed by atoms with Gasteiger partial charge in [-0.1, -0.05) is 144 Å². The second-order valence-electron chi connectivity index (χ2n) is 18.9. The van der Waals surface area contributed by atoms with E-state index >= 15 is 0 Å². The summed E-state index contributed by atoms with van der Waals surface area (Å²) >= 11 is 0. The molecule has 0 saturated heterocycles. The number of benzene rings is 2. The van der Waals surface area contributed by atoms with E-state index in [0.29, 0.717) is 12.5 Å². The second kappa shape index (κ2) is 16.5. The van der Waals surface area contributed by atoms with Gasteiger partial charge in [-0.15, -0.1) is 0 Å². The summed E-state index contributed by atoms with van der Waals surface area (Å²) in [7, 11) is -6.82. The molecule has 7 heteroatoms. The predicted octanol–water partition coefficient (Wildman–Crippen LogP) is 10.4. The molecule has 0 bridgehead atoms. The number of rotatable bonds is 16. The molecule has 1 N–H and O–H groups in total. The molecule has 0 fully saturated rings. The van der Waals surface area contributed by atoms with Gasteiger partial charge in [0, 0.05) is 18.4 Å². The third-order valence-electron chi connectivity index (χ3n) is 11.8. The van der Waals surface area contributed by atoms with Crippen LogP contribution in [-0.2, 0) is 13.3 Å². The Labute approximate surface area is 300 Å². The maximum Gasteiger partial charge on any atom is 0.261 e. The molecular weight excluding hydrogens is 641 g/mol. The molecule has 0 heterocycles. The number of aliphatic hydroxyl groups excluding tert-OH is 1. The van der Waals surface area contributed by atoms with E-state index in [1.54, 1.807) is 0 Å². The van der Waals surface area contributed by atoms with Crippen LogP contribution in [0.5, 0.6) is 0 Å². The first-order valence-corrected chi connectivity index (χ1v) is 26.3. The van der Waals surface area contributed by atoms with Gasteiger partial charge in [0.05, 0.1) is 18.3 Å². The maximum absolute atomic E-state index is 10.9. The van der Waals surface area contributed by atoms with Crippen molar-refractivity contribution in [2.24, 2.45) is 17.8 Å². The van der Waals surface area contributed by atoms with Gasteiger partial charge in [-0.05, 0) is 77.4 Å². The number of hydrogen-bond acceptors (Lipinski definition) is 4. The molecule has 0 saturated carbocycles. The SMILES string of the molecule is C[C@@H](CC[C@H](O[Si](C)(C)C(C)(C)C)[C@@H](C)[C@@H](O[Si](C)(C)C(C)(C)C)[C@H](C)[C@H](C)O)CO[Si](c1ccccc1)(c1ccccc1)C(C)(C)C. The van der Waals surface area contributed by atoms with Crippen molar-refractivity contribution in [3.63, 3.8) is 0 Å². The van der Waals surface area contributed by atoms with E-state index in [2.05, 4.69) is 170 Å². The van der Waals surface area contributed by atoms with Gasteiger partial charge in [0.1, 0.15) is 0 Å². The van der Waals surface area contributed by atoms with Crippen LogP contribution in [0.1, 0.15) is 103 Å². The maximum atomic E-state index is 10.9. The Hall–Kier alpha value is -1.07. The quantitative estimate of drug-likeness (QED) is 0.176. The first-order valence-electron chi connectivity index (χ1n) is 18.6. The standard InChI is InChI=1S/C41H74O4Si3/c1-31(30-43-48(41(11,12)13,35-24-20-18-21-25-35)36-26-22-19-23-27-36)28-29-37(44-46(14,15)39(5,6)7)33(3)38(32(2)34(4)42)45-47(16,17)40(8,9)10/h18-27,31-34,37-38,42H,28-30H2,1-17H3/t31-,32+,33+,34-,37-,38-/m0/s1. The minimum absolute atomic E-state index is 0.00413. The predicted molar refractivity (Wildman–Crippen MR) is 216 cm³/mol. The van der Waals surface area contributed by atoms with Crippen LogP contribution in [0.4, 0.5) is 0 Å². The molecule has 274 valence electrons. The fourth-order valence-electron chi connectivity index (χ4n) is 6.24. The molecule has 0 aliphatic carbocycles. The topological polar surface area (TPSA) is 47.9 Å². The lowest BCUT2D eigenvalue weighted by atomic mass is 9.84. The van der Waals surface area contributed by atoms with Crippen LogP contribution in [0.25, 0.3) is 0 Å². The smallest absolute Gasteiger partial charge is 0.261 e. The average molecular weight is 715 g/mol. The highest BCUT2D eigenvalue weighted by molar-refractivity contribution is 6.99.